The molecule has 2 heterocycles. The van der Waals surface area contributed by atoms with Crippen molar-refractivity contribution in [1.82, 2.24) is 4.90 Å². The molecule has 6 heteroatoms. The minimum Gasteiger partial charge on any atom is -0.468 e. The predicted octanol–water partition coefficient (Wildman–Crippen LogP) is 2.83. The fourth-order valence-electron chi connectivity index (χ4n) is 2.96. The van der Waals surface area contributed by atoms with Crippen LogP contribution in [0.5, 0.6) is 0 Å². The van der Waals surface area contributed by atoms with Crippen LogP contribution in [0.25, 0.3) is 0 Å². The Morgan fingerprint density at radius 3 is 2.82 bits per heavy atom. The van der Waals surface area contributed by atoms with E-state index in [4.69, 9.17) is 16.3 Å². The molecule has 3 rings (SSSR count). The lowest BCUT2D eigenvalue weighted by Crippen LogP contribution is -2.42. The molecular weight excluding hydrogens is 322 g/mol. The summed E-state index contributed by atoms with van der Waals surface area (Å²) in [6, 6.07) is 6.77. The number of esters is 1. The van der Waals surface area contributed by atoms with Gasteiger partial charge in [0.1, 0.15) is 6.04 Å². The van der Waals surface area contributed by atoms with Crippen LogP contribution in [0.15, 0.2) is 35.9 Å². The molecular formula is C16H16ClNO3S. The van der Waals surface area contributed by atoms with Crippen molar-refractivity contribution in [2.75, 3.05) is 20.2 Å². The molecule has 2 aliphatic rings. The summed E-state index contributed by atoms with van der Waals surface area (Å²) in [5.41, 5.74) is 1.95. The molecule has 0 aliphatic carbocycles. The van der Waals surface area contributed by atoms with E-state index >= 15 is 0 Å². The normalized spacial score (nSPS) is 22.9. The first-order valence-corrected chi connectivity index (χ1v) is 8.32. The summed E-state index contributed by atoms with van der Waals surface area (Å²) in [4.78, 5) is 25.9. The fraction of sp³-hybridized carbons (Fsp3) is 0.375. The first-order valence-electron chi connectivity index (χ1n) is 7.07. The summed E-state index contributed by atoms with van der Waals surface area (Å²) in [6.07, 6.45) is 2.57. The maximum atomic E-state index is 12.3. The number of carbonyl (C=O) groups excluding carboxylic acids is 2. The molecule has 1 aromatic carbocycles. The number of thioether (sulfide) groups is 1. The Balaban J connectivity index is 1.87. The minimum absolute atomic E-state index is 0.114. The molecule has 2 unspecified atom stereocenters. The van der Waals surface area contributed by atoms with Gasteiger partial charge in [-0.25, -0.2) is 4.79 Å². The lowest BCUT2D eigenvalue weighted by molar-refractivity contribution is -0.147. The van der Waals surface area contributed by atoms with Gasteiger partial charge in [-0.2, -0.15) is 0 Å². The molecule has 0 N–H and O–H groups in total. The lowest BCUT2D eigenvalue weighted by Gasteiger charge is -2.36. The zero-order chi connectivity index (χ0) is 15.7. The monoisotopic (exact) mass is 337 g/mol. The third-order valence-corrected chi connectivity index (χ3v) is 5.44. The van der Waals surface area contributed by atoms with Gasteiger partial charge in [0.25, 0.3) is 0 Å². The molecule has 1 saturated heterocycles. The molecule has 2 atom stereocenters. The number of likely N-dealkylation sites (tertiary alicyclic amines) is 1. The van der Waals surface area contributed by atoms with Gasteiger partial charge in [-0.3, -0.25) is 9.69 Å². The number of rotatable bonds is 3. The van der Waals surface area contributed by atoms with Crippen molar-refractivity contribution in [3.8, 4) is 0 Å². The Hall–Kier alpha value is -1.30. The van der Waals surface area contributed by atoms with Crippen LogP contribution in [0.1, 0.15) is 18.0 Å². The van der Waals surface area contributed by atoms with E-state index in [0.29, 0.717) is 11.6 Å². The van der Waals surface area contributed by atoms with Gasteiger partial charge in [-0.1, -0.05) is 35.5 Å². The average molecular weight is 338 g/mol. The van der Waals surface area contributed by atoms with Gasteiger partial charge >= 0.3 is 5.97 Å². The molecule has 0 spiro atoms. The lowest BCUT2D eigenvalue weighted by atomic mass is 9.98. The summed E-state index contributed by atoms with van der Waals surface area (Å²) in [7, 11) is 1.40. The van der Waals surface area contributed by atoms with E-state index in [1.807, 2.05) is 12.1 Å². The number of hydrogen-bond donors (Lipinski definition) is 0. The molecule has 0 bridgehead atoms. The second-order valence-corrected chi connectivity index (χ2v) is 7.02. The molecule has 0 saturated carbocycles. The Morgan fingerprint density at radius 2 is 2.14 bits per heavy atom. The number of methoxy groups -OCH3 is 1. The summed E-state index contributed by atoms with van der Waals surface area (Å²) in [5.74, 6) is -0.293. The van der Waals surface area contributed by atoms with Crippen LogP contribution in [0, 0.1) is 0 Å². The van der Waals surface area contributed by atoms with Gasteiger partial charge in [0.15, 0.2) is 0 Å². The van der Waals surface area contributed by atoms with Crippen molar-refractivity contribution in [3.63, 3.8) is 0 Å². The van der Waals surface area contributed by atoms with Crippen LogP contribution in [-0.2, 0) is 14.3 Å². The summed E-state index contributed by atoms with van der Waals surface area (Å²) < 4.78 is 4.98. The minimum atomic E-state index is -0.468. The molecule has 22 heavy (non-hydrogen) atoms. The van der Waals surface area contributed by atoms with Gasteiger partial charge in [0.2, 0.25) is 5.12 Å². The van der Waals surface area contributed by atoms with Crippen LogP contribution in [0.4, 0.5) is 0 Å². The number of fused-ring (bicyclic) bond motifs is 1. The van der Waals surface area contributed by atoms with Crippen molar-refractivity contribution in [1.29, 1.82) is 0 Å². The van der Waals surface area contributed by atoms with Gasteiger partial charge in [-0.05, 0) is 35.8 Å². The van der Waals surface area contributed by atoms with E-state index in [-0.39, 0.29) is 16.3 Å². The standard InChI is InChI=1S/C16H16ClNO3S/c1-21-16(20)15(10-2-4-12(17)5-3-10)18-7-6-13-11(9-18)8-14(19)22-13/h2-5,8,13,15H,6-7,9H2,1H3. The van der Waals surface area contributed by atoms with Crippen LogP contribution in [0.2, 0.25) is 5.02 Å². The van der Waals surface area contributed by atoms with E-state index in [2.05, 4.69) is 4.90 Å². The van der Waals surface area contributed by atoms with Gasteiger partial charge < -0.3 is 4.74 Å². The Kier molecular flexibility index (Phi) is 4.57. The van der Waals surface area contributed by atoms with Crippen LogP contribution < -0.4 is 0 Å². The molecule has 0 radical (unpaired) electrons. The molecule has 0 aromatic heterocycles. The number of benzene rings is 1. The predicted molar refractivity (Wildman–Crippen MR) is 86.9 cm³/mol. The largest absolute Gasteiger partial charge is 0.468 e. The molecule has 1 fully saturated rings. The fourth-order valence-corrected chi connectivity index (χ4v) is 4.10. The Bertz CT molecular complexity index is 629. The van der Waals surface area contributed by atoms with Crippen LogP contribution >= 0.6 is 23.4 Å². The number of carbonyl (C=O) groups is 2. The van der Waals surface area contributed by atoms with E-state index in [1.54, 1.807) is 18.2 Å². The first-order chi connectivity index (χ1) is 10.6. The zero-order valence-electron chi connectivity index (χ0n) is 12.1. The Morgan fingerprint density at radius 1 is 1.41 bits per heavy atom. The maximum absolute atomic E-state index is 12.3. The highest BCUT2D eigenvalue weighted by Gasteiger charge is 2.37. The Labute approximate surface area is 138 Å². The highest BCUT2D eigenvalue weighted by Crippen LogP contribution is 2.37. The third-order valence-electron chi connectivity index (χ3n) is 4.01. The van der Waals surface area contributed by atoms with E-state index in [0.717, 1.165) is 24.1 Å². The van der Waals surface area contributed by atoms with E-state index in [9.17, 15) is 9.59 Å². The molecule has 4 nitrogen and oxygen atoms in total. The van der Waals surface area contributed by atoms with Crippen molar-refractivity contribution >= 4 is 34.4 Å². The zero-order valence-corrected chi connectivity index (χ0v) is 13.7. The first kappa shape index (κ1) is 15.6. The number of halogens is 1. The topological polar surface area (TPSA) is 46.6 Å². The summed E-state index contributed by atoms with van der Waals surface area (Å²) in [6.45, 7) is 1.37. The summed E-state index contributed by atoms with van der Waals surface area (Å²) in [5, 5.41) is 1.02. The highest BCUT2D eigenvalue weighted by atomic mass is 35.5. The quantitative estimate of drug-likeness (QED) is 0.794. The molecule has 116 valence electrons. The van der Waals surface area contributed by atoms with Crippen molar-refractivity contribution in [2.45, 2.75) is 17.7 Å². The van der Waals surface area contributed by atoms with Gasteiger partial charge in [0.05, 0.1) is 7.11 Å². The van der Waals surface area contributed by atoms with Crippen molar-refractivity contribution in [3.05, 3.63) is 46.5 Å². The number of ether oxygens (including phenoxy) is 1. The van der Waals surface area contributed by atoms with Crippen molar-refractivity contribution in [2.24, 2.45) is 0 Å². The second kappa shape index (κ2) is 6.44. The van der Waals surface area contributed by atoms with E-state index in [1.165, 1.54) is 18.9 Å². The van der Waals surface area contributed by atoms with Gasteiger partial charge in [-0.15, -0.1) is 0 Å². The molecule has 0 amide bonds. The van der Waals surface area contributed by atoms with Crippen LogP contribution in [-0.4, -0.2) is 41.4 Å². The smallest absolute Gasteiger partial charge is 0.327 e. The number of piperidine rings is 1. The second-order valence-electron chi connectivity index (χ2n) is 5.38. The van der Waals surface area contributed by atoms with Crippen LogP contribution in [0.3, 0.4) is 0 Å². The highest BCUT2D eigenvalue weighted by molar-refractivity contribution is 8.15. The maximum Gasteiger partial charge on any atom is 0.327 e. The number of hydrogen-bond acceptors (Lipinski definition) is 5. The third kappa shape index (κ3) is 3.07. The SMILES string of the molecule is COC(=O)C(c1ccc(Cl)cc1)N1CCC2SC(=O)C=C2C1. The molecule has 1 aromatic rings. The molecule has 2 aliphatic heterocycles. The average Bonchev–Trinajstić information content (AvgIpc) is 2.88. The van der Waals surface area contributed by atoms with Gasteiger partial charge in [0, 0.05) is 23.4 Å². The summed E-state index contributed by atoms with van der Waals surface area (Å²) >= 11 is 7.31. The van der Waals surface area contributed by atoms with Crippen molar-refractivity contribution < 1.29 is 14.3 Å². The number of nitrogens with zero attached hydrogens (tertiary/aromatic N) is 1. The van der Waals surface area contributed by atoms with E-state index < -0.39 is 6.04 Å².